The van der Waals surface area contributed by atoms with Gasteiger partial charge in [-0.05, 0) is 31.5 Å². The number of H-pyrrole nitrogens is 1. The number of ether oxygens (including phenoxy) is 1. The van der Waals surface area contributed by atoms with Crippen molar-refractivity contribution in [2.24, 2.45) is 0 Å². The standard InChI is InChI=1S/C15H14Cl3N3O3/c1-6-11(15(23)24-3)7(2)19-12(6)14(22)21-20-13-9(17)4-8(16)5-10(13)18/h4-5,19-20H,1-3H3,(H,21,22). The molecule has 1 heterocycles. The van der Waals surface area contributed by atoms with Crippen molar-refractivity contribution < 1.29 is 14.3 Å². The summed E-state index contributed by atoms with van der Waals surface area (Å²) in [5.41, 5.74) is 6.99. The van der Waals surface area contributed by atoms with E-state index in [1.54, 1.807) is 13.8 Å². The molecule has 2 rings (SSSR count). The van der Waals surface area contributed by atoms with Crippen LogP contribution in [-0.4, -0.2) is 24.0 Å². The maximum absolute atomic E-state index is 12.3. The molecule has 0 spiro atoms. The number of aryl methyl sites for hydroxylation is 1. The zero-order valence-electron chi connectivity index (χ0n) is 13.0. The van der Waals surface area contributed by atoms with Crippen LogP contribution in [0.25, 0.3) is 0 Å². The molecule has 1 amide bonds. The number of esters is 1. The summed E-state index contributed by atoms with van der Waals surface area (Å²) in [7, 11) is 1.28. The van der Waals surface area contributed by atoms with E-state index < -0.39 is 11.9 Å². The van der Waals surface area contributed by atoms with Crippen molar-refractivity contribution in [3.63, 3.8) is 0 Å². The van der Waals surface area contributed by atoms with E-state index in [0.29, 0.717) is 27.5 Å². The summed E-state index contributed by atoms with van der Waals surface area (Å²) in [5.74, 6) is -1.01. The highest BCUT2D eigenvalue weighted by Gasteiger charge is 2.22. The largest absolute Gasteiger partial charge is 0.465 e. The van der Waals surface area contributed by atoms with Crippen LogP contribution in [0.3, 0.4) is 0 Å². The van der Waals surface area contributed by atoms with Gasteiger partial charge in [0.15, 0.2) is 0 Å². The van der Waals surface area contributed by atoms with Gasteiger partial charge >= 0.3 is 5.97 Å². The number of amides is 1. The number of hydrazine groups is 1. The summed E-state index contributed by atoms with van der Waals surface area (Å²) < 4.78 is 4.71. The first-order chi connectivity index (χ1) is 11.3. The Balaban J connectivity index is 2.22. The lowest BCUT2D eigenvalue weighted by molar-refractivity contribution is 0.0599. The van der Waals surface area contributed by atoms with Crippen LogP contribution >= 0.6 is 34.8 Å². The minimum Gasteiger partial charge on any atom is -0.465 e. The van der Waals surface area contributed by atoms with Crippen molar-refractivity contribution >= 4 is 52.4 Å². The van der Waals surface area contributed by atoms with Gasteiger partial charge in [0.25, 0.3) is 5.91 Å². The number of methoxy groups -OCH3 is 1. The van der Waals surface area contributed by atoms with Crippen molar-refractivity contribution in [1.29, 1.82) is 0 Å². The van der Waals surface area contributed by atoms with Gasteiger partial charge in [0.2, 0.25) is 0 Å². The monoisotopic (exact) mass is 389 g/mol. The minimum absolute atomic E-state index is 0.224. The van der Waals surface area contributed by atoms with Crippen LogP contribution in [0, 0.1) is 13.8 Å². The molecule has 9 heteroatoms. The van der Waals surface area contributed by atoms with E-state index in [-0.39, 0.29) is 15.7 Å². The zero-order valence-corrected chi connectivity index (χ0v) is 15.3. The van der Waals surface area contributed by atoms with E-state index in [1.807, 2.05) is 0 Å². The van der Waals surface area contributed by atoms with E-state index >= 15 is 0 Å². The van der Waals surface area contributed by atoms with E-state index in [4.69, 9.17) is 39.5 Å². The van der Waals surface area contributed by atoms with E-state index in [0.717, 1.165) is 0 Å². The smallest absolute Gasteiger partial charge is 0.339 e. The number of halogens is 3. The van der Waals surface area contributed by atoms with Gasteiger partial charge in [0.05, 0.1) is 28.4 Å². The molecular formula is C15H14Cl3N3O3. The van der Waals surface area contributed by atoms with Gasteiger partial charge in [-0.15, -0.1) is 0 Å². The van der Waals surface area contributed by atoms with Gasteiger partial charge in [-0.2, -0.15) is 0 Å². The number of rotatable bonds is 4. The van der Waals surface area contributed by atoms with Crippen molar-refractivity contribution in [2.75, 3.05) is 12.5 Å². The second-order valence-corrected chi connectivity index (χ2v) is 6.19. The van der Waals surface area contributed by atoms with Crippen molar-refractivity contribution in [3.8, 4) is 0 Å². The summed E-state index contributed by atoms with van der Waals surface area (Å²) in [5, 5.41) is 0.880. The zero-order chi connectivity index (χ0) is 18.0. The van der Waals surface area contributed by atoms with Gasteiger partial charge < -0.3 is 9.72 Å². The van der Waals surface area contributed by atoms with Gasteiger partial charge in [0.1, 0.15) is 5.69 Å². The molecule has 0 unspecified atom stereocenters. The molecule has 1 aromatic heterocycles. The second kappa shape index (κ2) is 7.34. The number of carbonyl (C=O) groups excluding carboxylic acids is 2. The summed E-state index contributed by atoms with van der Waals surface area (Å²) >= 11 is 17.9. The molecule has 0 saturated heterocycles. The first-order valence-electron chi connectivity index (χ1n) is 6.74. The molecule has 0 radical (unpaired) electrons. The lowest BCUT2D eigenvalue weighted by Crippen LogP contribution is -2.30. The Hall–Kier alpha value is -1.89. The average Bonchev–Trinajstić information content (AvgIpc) is 2.80. The average molecular weight is 391 g/mol. The van der Waals surface area contributed by atoms with E-state index in [9.17, 15) is 9.59 Å². The predicted octanol–water partition coefficient (Wildman–Crippen LogP) is 4.14. The van der Waals surface area contributed by atoms with Gasteiger partial charge in [-0.3, -0.25) is 15.6 Å². The molecule has 2 aromatic rings. The lowest BCUT2D eigenvalue weighted by atomic mass is 10.1. The summed E-state index contributed by atoms with van der Waals surface area (Å²) in [6.07, 6.45) is 0. The Morgan fingerprint density at radius 2 is 1.71 bits per heavy atom. The molecule has 1 aromatic carbocycles. The molecule has 0 aliphatic rings. The highest BCUT2D eigenvalue weighted by Crippen LogP contribution is 2.33. The molecule has 0 aliphatic heterocycles. The van der Waals surface area contributed by atoms with E-state index in [1.165, 1.54) is 19.2 Å². The molecule has 24 heavy (non-hydrogen) atoms. The number of aromatic nitrogens is 1. The number of benzene rings is 1. The van der Waals surface area contributed by atoms with Crippen LogP contribution in [0.15, 0.2) is 12.1 Å². The molecule has 0 fully saturated rings. The van der Waals surface area contributed by atoms with Crippen LogP contribution in [-0.2, 0) is 4.74 Å². The second-order valence-electron chi connectivity index (χ2n) is 4.94. The van der Waals surface area contributed by atoms with Crippen molar-refractivity contribution in [1.82, 2.24) is 10.4 Å². The lowest BCUT2D eigenvalue weighted by Gasteiger charge is -2.12. The number of anilines is 1. The Kier molecular flexibility index (Phi) is 5.64. The maximum atomic E-state index is 12.3. The molecule has 128 valence electrons. The number of nitrogens with one attached hydrogen (secondary N) is 3. The number of aromatic amines is 1. The van der Waals surface area contributed by atoms with Gasteiger partial charge in [-0.1, -0.05) is 34.8 Å². The van der Waals surface area contributed by atoms with Crippen LogP contribution in [0.2, 0.25) is 15.1 Å². The third kappa shape index (κ3) is 3.61. The molecule has 0 bridgehead atoms. The summed E-state index contributed by atoms with van der Waals surface area (Å²) in [6, 6.07) is 2.98. The number of carbonyl (C=O) groups is 2. The Morgan fingerprint density at radius 1 is 1.12 bits per heavy atom. The molecule has 0 saturated carbocycles. The Bertz CT molecular complexity index is 795. The predicted molar refractivity (Wildman–Crippen MR) is 94.2 cm³/mol. The van der Waals surface area contributed by atoms with Crippen LogP contribution in [0.5, 0.6) is 0 Å². The highest BCUT2D eigenvalue weighted by atomic mass is 35.5. The molecule has 3 N–H and O–H groups in total. The molecular weight excluding hydrogens is 377 g/mol. The quantitative estimate of drug-likeness (QED) is 0.541. The first-order valence-corrected chi connectivity index (χ1v) is 7.88. The third-order valence-corrected chi connectivity index (χ3v) is 4.18. The highest BCUT2D eigenvalue weighted by molar-refractivity contribution is 6.41. The normalized spacial score (nSPS) is 10.4. The third-order valence-electron chi connectivity index (χ3n) is 3.36. The minimum atomic E-state index is -0.517. The maximum Gasteiger partial charge on any atom is 0.339 e. The number of hydrogen-bond donors (Lipinski definition) is 3. The van der Waals surface area contributed by atoms with Crippen molar-refractivity contribution in [2.45, 2.75) is 13.8 Å². The van der Waals surface area contributed by atoms with Gasteiger partial charge in [-0.25, -0.2) is 4.79 Å². The fourth-order valence-corrected chi connectivity index (χ4v) is 3.14. The fourth-order valence-electron chi connectivity index (χ4n) is 2.23. The van der Waals surface area contributed by atoms with Crippen LogP contribution in [0.4, 0.5) is 5.69 Å². The summed E-state index contributed by atoms with van der Waals surface area (Å²) in [6.45, 7) is 3.32. The SMILES string of the molecule is COC(=O)c1c(C)[nH]c(C(=O)NNc2c(Cl)cc(Cl)cc2Cl)c1C. The number of hydrogen-bond acceptors (Lipinski definition) is 4. The molecule has 6 nitrogen and oxygen atoms in total. The first kappa shape index (κ1) is 18.4. The van der Waals surface area contributed by atoms with Crippen molar-refractivity contribution in [3.05, 3.63) is 49.7 Å². The van der Waals surface area contributed by atoms with E-state index in [2.05, 4.69) is 15.8 Å². The molecule has 0 atom stereocenters. The Morgan fingerprint density at radius 3 is 2.25 bits per heavy atom. The summed E-state index contributed by atoms with van der Waals surface area (Å²) in [4.78, 5) is 27.0. The topological polar surface area (TPSA) is 83.2 Å². The fraction of sp³-hybridized carbons (Fsp3) is 0.200. The Labute approximate surface area is 153 Å². The van der Waals surface area contributed by atoms with Gasteiger partial charge in [0, 0.05) is 10.7 Å². The van der Waals surface area contributed by atoms with Crippen LogP contribution < -0.4 is 10.9 Å². The molecule has 0 aliphatic carbocycles. The van der Waals surface area contributed by atoms with Crippen LogP contribution in [0.1, 0.15) is 32.1 Å².